The number of hydrogen-bond acceptors (Lipinski definition) is 4. The second kappa shape index (κ2) is 12.4. The maximum Gasteiger partial charge on any atom is 0.257 e. The molecule has 0 fully saturated rings. The van der Waals surface area contributed by atoms with E-state index in [2.05, 4.69) is 37.1 Å². The van der Waals surface area contributed by atoms with Crippen molar-refractivity contribution in [3.05, 3.63) is 72.1 Å². The third kappa shape index (κ3) is 7.44. The summed E-state index contributed by atoms with van der Waals surface area (Å²) >= 11 is 0. The number of aromatic nitrogens is 1. The molecular formula is C28H37N3O3. The number of allylic oxidation sites excluding steroid dienone is 1. The van der Waals surface area contributed by atoms with Crippen LogP contribution in [0, 0.1) is 23.7 Å². The lowest BCUT2D eigenvalue weighted by Crippen LogP contribution is -2.39. The fourth-order valence-corrected chi connectivity index (χ4v) is 4.68. The summed E-state index contributed by atoms with van der Waals surface area (Å²) in [5, 5.41) is 3.04. The van der Waals surface area contributed by atoms with Crippen molar-refractivity contribution >= 4 is 11.8 Å². The zero-order valence-electron chi connectivity index (χ0n) is 20.7. The van der Waals surface area contributed by atoms with Gasteiger partial charge in [0.2, 0.25) is 5.91 Å². The fourth-order valence-electron chi connectivity index (χ4n) is 4.68. The van der Waals surface area contributed by atoms with Crippen molar-refractivity contribution in [2.75, 3.05) is 20.2 Å². The van der Waals surface area contributed by atoms with Crippen molar-refractivity contribution in [2.45, 2.75) is 40.2 Å². The summed E-state index contributed by atoms with van der Waals surface area (Å²) in [6, 6.07) is 13.2. The Labute approximate surface area is 203 Å². The van der Waals surface area contributed by atoms with E-state index < -0.39 is 0 Å². The Morgan fingerprint density at radius 3 is 2.62 bits per heavy atom. The number of amides is 2. The third-order valence-corrected chi connectivity index (χ3v) is 6.72. The minimum atomic E-state index is -0.119. The van der Waals surface area contributed by atoms with Gasteiger partial charge >= 0.3 is 0 Å². The average molecular weight is 464 g/mol. The first kappa shape index (κ1) is 25.5. The second-order valence-corrected chi connectivity index (χ2v) is 9.64. The lowest BCUT2D eigenvalue weighted by atomic mass is 9.69. The van der Waals surface area contributed by atoms with Crippen LogP contribution in [-0.4, -0.2) is 41.9 Å². The standard InChI is InChI=1S/C28H37N3O3/c1-20(2)26-14-23(15-28(33)31(4)18-22-9-8-12-29-16-22)21(3)13-24(26)17-30-27(32)19-34-25-10-6-5-7-11-25/h5-13,16,20,23-24,26H,14-15,17-19H2,1-4H3,(H,30,32)/t23-,24-,26-/m0/s1. The van der Waals surface area contributed by atoms with E-state index in [0.29, 0.717) is 37.1 Å². The first-order chi connectivity index (χ1) is 16.3. The number of benzene rings is 1. The predicted molar refractivity (Wildman–Crippen MR) is 134 cm³/mol. The van der Waals surface area contributed by atoms with E-state index in [1.54, 1.807) is 17.3 Å². The molecule has 0 bridgehead atoms. The molecule has 2 aromatic rings. The van der Waals surface area contributed by atoms with E-state index in [-0.39, 0.29) is 30.3 Å². The Hall–Kier alpha value is -3.15. The molecular weight excluding hydrogens is 426 g/mol. The summed E-state index contributed by atoms with van der Waals surface area (Å²) in [5.74, 6) is 2.05. The van der Waals surface area contributed by atoms with Crippen LogP contribution in [0.5, 0.6) is 5.75 Å². The topological polar surface area (TPSA) is 71.5 Å². The van der Waals surface area contributed by atoms with Gasteiger partial charge in [-0.1, -0.05) is 49.8 Å². The van der Waals surface area contributed by atoms with Crippen molar-refractivity contribution < 1.29 is 14.3 Å². The number of carbonyl (C=O) groups is 2. The van der Waals surface area contributed by atoms with E-state index in [9.17, 15) is 9.59 Å². The zero-order chi connectivity index (χ0) is 24.5. The van der Waals surface area contributed by atoms with Gasteiger partial charge < -0.3 is 15.0 Å². The van der Waals surface area contributed by atoms with Crippen LogP contribution in [0.2, 0.25) is 0 Å². The van der Waals surface area contributed by atoms with Crippen molar-refractivity contribution in [2.24, 2.45) is 23.7 Å². The molecule has 1 aliphatic rings. The van der Waals surface area contributed by atoms with Gasteiger partial charge in [0.1, 0.15) is 5.75 Å². The molecule has 182 valence electrons. The van der Waals surface area contributed by atoms with Gasteiger partial charge in [-0.15, -0.1) is 0 Å². The number of rotatable bonds is 10. The smallest absolute Gasteiger partial charge is 0.257 e. The summed E-state index contributed by atoms with van der Waals surface area (Å²) in [6.07, 6.45) is 7.27. The first-order valence-corrected chi connectivity index (χ1v) is 12.1. The summed E-state index contributed by atoms with van der Waals surface area (Å²) in [7, 11) is 1.85. The molecule has 0 unspecified atom stereocenters. The van der Waals surface area contributed by atoms with Gasteiger partial charge in [0.15, 0.2) is 6.61 Å². The summed E-state index contributed by atoms with van der Waals surface area (Å²) in [4.78, 5) is 31.2. The lowest BCUT2D eigenvalue weighted by Gasteiger charge is -2.37. The second-order valence-electron chi connectivity index (χ2n) is 9.64. The van der Waals surface area contributed by atoms with Gasteiger partial charge in [0.05, 0.1) is 0 Å². The molecule has 6 nitrogen and oxygen atoms in total. The number of nitrogens with zero attached hydrogens (tertiary/aromatic N) is 2. The number of nitrogens with one attached hydrogen (secondary N) is 1. The minimum absolute atomic E-state index is 0.00612. The number of pyridine rings is 1. The van der Waals surface area contributed by atoms with Crippen molar-refractivity contribution in [1.29, 1.82) is 0 Å². The molecule has 1 N–H and O–H groups in total. The molecule has 0 saturated heterocycles. The number of hydrogen-bond donors (Lipinski definition) is 1. The first-order valence-electron chi connectivity index (χ1n) is 12.1. The SMILES string of the molecule is CC1=C[C@@H](CNC(=O)COc2ccccc2)[C@H](C(C)C)C[C@H]1CC(=O)N(C)Cc1cccnc1. The molecule has 0 aliphatic heterocycles. The van der Waals surface area contributed by atoms with Gasteiger partial charge in [-0.05, 0) is 60.8 Å². The molecule has 3 rings (SSSR count). The maximum absolute atomic E-state index is 12.9. The summed E-state index contributed by atoms with van der Waals surface area (Å²) in [5.41, 5.74) is 2.26. The van der Waals surface area contributed by atoms with Crippen LogP contribution in [0.4, 0.5) is 0 Å². The molecule has 1 aromatic heterocycles. The fraction of sp³-hybridized carbons (Fsp3) is 0.464. The predicted octanol–water partition coefficient (Wildman–Crippen LogP) is 4.48. The molecule has 34 heavy (non-hydrogen) atoms. The molecule has 1 heterocycles. The lowest BCUT2D eigenvalue weighted by molar-refractivity contribution is -0.131. The Bertz CT molecular complexity index is 959. The van der Waals surface area contributed by atoms with Gasteiger partial charge in [-0.2, -0.15) is 0 Å². The van der Waals surface area contributed by atoms with E-state index in [1.807, 2.05) is 49.5 Å². The molecule has 3 atom stereocenters. The van der Waals surface area contributed by atoms with Crippen LogP contribution in [0.1, 0.15) is 39.2 Å². The molecule has 0 saturated carbocycles. The number of para-hydroxylation sites is 1. The molecule has 0 radical (unpaired) electrons. The Morgan fingerprint density at radius 2 is 1.94 bits per heavy atom. The normalized spacial score (nSPS) is 19.9. The molecule has 6 heteroatoms. The van der Waals surface area contributed by atoms with E-state index in [0.717, 1.165) is 12.0 Å². The highest BCUT2D eigenvalue weighted by atomic mass is 16.5. The molecule has 2 amide bonds. The van der Waals surface area contributed by atoms with Crippen molar-refractivity contribution in [1.82, 2.24) is 15.2 Å². The summed E-state index contributed by atoms with van der Waals surface area (Å²) in [6.45, 7) is 7.71. The zero-order valence-corrected chi connectivity index (χ0v) is 20.7. The number of carbonyl (C=O) groups excluding carboxylic acids is 2. The Morgan fingerprint density at radius 1 is 1.18 bits per heavy atom. The summed E-state index contributed by atoms with van der Waals surface area (Å²) < 4.78 is 5.56. The largest absolute Gasteiger partial charge is 0.484 e. The maximum atomic E-state index is 12.9. The van der Waals surface area contributed by atoms with Gasteiger partial charge in [-0.25, -0.2) is 0 Å². The number of ether oxygens (including phenoxy) is 1. The highest BCUT2D eigenvalue weighted by Gasteiger charge is 2.33. The van der Waals surface area contributed by atoms with Gasteiger partial charge in [0.25, 0.3) is 5.91 Å². The van der Waals surface area contributed by atoms with E-state index >= 15 is 0 Å². The molecule has 1 aliphatic carbocycles. The Kier molecular flexibility index (Phi) is 9.25. The highest BCUT2D eigenvalue weighted by Crippen LogP contribution is 2.39. The van der Waals surface area contributed by atoms with Gasteiger partial charge in [-0.3, -0.25) is 14.6 Å². The monoisotopic (exact) mass is 463 g/mol. The average Bonchev–Trinajstić information content (AvgIpc) is 2.83. The van der Waals surface area contributed by atoms with Crippen LogP contribution in [-0.2, 0) is 16.1 Å². The minimum Gasteiger partial charge on any atom is -0.484 e. The molecule has 1 aromatic carbocycles. The quantitative estimate of drug-likeness (QED) is 0.528. The van der Waals surface area contributed by atoms with E-state index in [1.165, 1.54) is 5.57 Å². The van der Waals surface area contributed by atoms with Crippen molar-refractivity contribution in [3.63, 3.8) is 0 Å². The third-order valence-electron chi connectivity index (χ3n) is 6.72. The van der Waals surface area contributed by atoms with Crippen molar-refractivity contribution in [3.8, 4) is 5.75 Å². The van der Waals surface area contributed by atoms with Gasteiger partial charge in [0, 0.05) is 39.0 Å². The molecule has 0 spiro atoms. The van der Waals surface area contributed by atoms with Crippen LogP contribution in [0.15, 0.2) is 66.5 Å². The van der Waals surface area contributed by atoms with Crippen LogP contribution in [0.25, 0.3) is 0 Å². The van der Waals surface area contributed by atoms with E-state index in [4.69, 9.17) is 4.74 Å². The Balaban J connectivity index is 1.54. The van der Waals surface area contributed by atoms with Crippen LogP contribution < -0.4 is 10.1 Å². The highest BCUT2D eigenvalue weighted by molar-refractivity contribution is 5.77. The van der Waals surface area contributed by atoms with Crippen LogP contribution in [0.3, 0.4) is 0 Å². The van der Waals surface area contributed by atoms with Crippen LogP contribution >= 0.6 is 0 Å².